The van der Waals surface area contributed by atoms with E-state index < -0.39 is 6.04 Å². The number of aryl methyl sites for hydroxylation is 1. The molecule has 148 valence electrons. The van der Waals surface area contributed by atoms with Gasteiger partial charge in [0.1, 0.15) is 17.7 Å². The molecule has 6 nitrogen and oxygen atoms in total. The van der Waals surface area contributed by atoms with Crippen LogP contribution in [0.1, 0.15) is 43.0 Å². The van der Waals surface area contributed by atoms with Crippen LogP contribution < -0.4 is 4.90 Å². The van der Waals surface area contributed by atoms with Crippen molar-refractivity contribution >= 4 is 17.5 Å². The predicted molar refractivity (Wildman–Crippen MR) is 106 cm³/mol. The number of anilines is 1. The lowest BCUT2D eigenvalue weighted by atomic mass is 9.77. The van der Waals surface area contributed by atoms with Gasteiger partial charge in [-0.05, 0) is 56.0 Å². The van der Waals surface area contributed by atoms with Gasteiger partial charge in [0.15, 0.2) is 11.5 Å². The Bertz CT molecular complexity index is 1040. The Hall–Kier alpha value is -3.15. The number of aromatic nitrogens is 1. The zero-order valence-electron chi connectivity index (χ0n) is 16.2. The first-order valence-electron chi connectivity index (χ1n) is 10.1. The standard InChI is InChI=1S/C23H22N2O4/c1-13-6-4-11-18(24-13)25-20(14-7-5-8-15(26)12-14)19-21(27)16-9-2-3-10-17(16)29-22(19)23(25)28/h4-8,11-12,16-17,20,26H,2-3,9-10H2,1H3. The highest BCUT2D eigenvalue weighted by Crippen LogP contribution is 2.48. The van der Waals surface area contributed by atoms with Gasteiger partial charge in [0.25, 0.3) is 5.91 Å². The number of aromatic hydroxyl groups is 1. The lowest BCUT2D eigenvalue weighted by molar-refractivity contribution is -0.131. The SMILES string of the molecule is Cc1cccc(N2C(=O)C3=C(C(=O)C4CCCCC4O3)C2c2cccc(O)c2)n1. The first-order valence-corrected chi connectivity index (χ1v) is 10.1. The van der Waals surface area contributed by atoms with Crippen molar-refractivity contribution in [1.29, 1.82) is 0 Å². The van der Waals surface area contributed by atoms with Crippen molar-refractivity contribution in [1.82, 2.24) is 4.98 Å². The number of carbonyl (C=O) groups is 2. The maximum Gasteiger partial charge on any atom is 0.295 e. The molecule has 3 atom stereocenters. The minimum absolute atomic E-state index is 0.00667. The van der Waals surface area contributed by atoms with Crippen molar-refractivity contribution < 1.29 is 19.4 Å². The number of ether oxygens (including phenoxy) is 1. The third-order valence-corrected chi connectivity index (χ3v) is 6.07. The summed E-state index contributed by atoms with van der Waals surface area (Å²) in [4.78, 5) is 33.0. The van der Waals surface area contributed by atoms with Crippen molar-refractivity contribution in [3.63, 3.8) is 0 Å². The van der Waals surface area contributed by atoms with E-state index in [1.807, 2.05) is 25.1 Å². The molecule has 2 aromatic rings. The Balaban J connectivity index is 1.68. The highest BCUT2D eigenvalue weighted by atomic mass is 16.5. The smallest absolute Gasteiger partial charge is 0.295 e. The quantitative estimate of drug-likeness (QED) is 0.848. The molecule has 1 aromatic carbocycles. The molecule has 3 aliphatic rings. The van der Waals surface area contributed by atoms with Gasteiger partial charge in [0.2, 0.25) is 0 Å². The van der Waals surface area contributed by atoms with Crippen LogP contribution in [0.25, 0.3) is 0 Å². The highest BCUT2D eigenvalue weighted by Gasteiger charge is 2.52. The molecule has 1 fully saturated rings. The van der Waals surface area contributed by atoms with E-state index in [1.54, 1.807) is 24.3 Å². The number of ketones is 1. The molecule has 0 radical (unpaired) electrons. The monoisotopic (exact) mass is 390 g/mol. The number of hydrogen-bond donors (Lipinski definition) is 1. The minimum Gasteiger partial charge on any atom is -0.508 e. The van der Waals surface area contributed by atoms with Gasteiger partial charge in [-0.2, -0.15) is 0 Å². The van der Waals surface area contributed by atoms with Gasteiger partial charge in [0, 0.05) is 5.69 Å². The first kappa shape index (κ1) is 17.9. The highest BCUT2D eigenvalue weighted by molar-refractivity contribution is 6.17. The molecule has 1 aromatic heterocycles. The summed E-state index contributed by atoms with van der Waals surface area (Å²) in [5, 5.41) is 10.0. The molecular formula is C23H22N2O4. The number of fused-ring (bicyclic) bond motifs is 1. The van der Waals surface area contributed by atoms with Crippen molar-refractivity contribution in [2.24, 2.45) is 5.92 Å². The summed E-state index contributed by atoms with van der Waals surface area (Å²) in [6.07, 6.45) is 3.34. The molecule has 2 aliphatic heterocycles. The number of amides is 1. The largest absolute Gasteiger partial charge is 0.508 e. The van der Waals surface area contributed by atoms with Crippen LogP contribution in [0.15, 0.2) is 53.8 Å². The lowest BCUT2D eigenvalue weighted by Crippen LogP contribution is -2.39. The van der Waals surface area contributed by atoms with Gasteiger partial charge < -0.3 is 9.84 Å². The van der Waals surface area contributed by atoms with E-state index in [2.05, 4.69) is 4.98 Å². The normalized spacial score (nSPS) is 26.2. The molecular weight excluding hydrogens is 368 g/mol. The Labute approximate surface area is 168 Å². The molecule has 1 amide bonds. The first-order chi connectivity index (χ1) is 14.0. The predicted octanol–water partition coefficient (Wildman–Crippen LogP) is 3.60. The topological polar surface area (TPSA) is 79.7 Å². The second-order valence-corrected chi connectivity index (χ2v) is 7.96. The number of benzene rings is 1. The fourth-order valence-electron chi connectivity index (χ4n) is 4.75. The molecule has 0 spiro atoms. The molecule has 3 unspecified atom stereocenters. The van der Waals surface area contributed by atoms with E-state index in [1.165, 1.54) is 4.90 Å². The molecule has 1 aliphatic carbocycles. The van der Waals surface area contributed by atoms with E-state index in [-0.39, 0.29) is 35.2 Å². The van der Waals surface area contributed by atoms with Gasteiger partial charge in [-0.1, -0.05) is 24.6 Å². The zero-order chi connectivity index (χ0) is 20.1. The average Bonchev–Trinajstić information content (AvgIpc) is 3.01. The van der Waals surface area contributed by atoms with Gasteiger partial charge in [0.05, 0.1) is 17.5 Å². The minimum atomic E-state index is -0.658. The van der Waals surface area contributed by atoms with Gasteiger partial charge in [-0.25, -0.2) is 4.98 Å². The maximum atomic E-state index is 13.5. The number of hydrogen-bond acceptors (Lipinski definition) is 5. The van der Waals surface area contributed by atoms with E-state index in [9.17, 15) is 14.7 Å². The van der Waals surface area contributed by atoms with Crippen molar-refractivity contribution in [2.45, 2.75) is 44.8 Å². The Kier molecular flexibility index (Phi) is 4.15. The number of Topliss-reactive ketones (excluding diaryl/α,β-unsaturated/α-hetero) is 1. The third-order valence-electron chi connectivity index (χ3n) is 6.07. The number of pyridine rings is 1. The summed E-state index contributed by atoms with van der Waals surface area (Å²) in [6.45, 7) is 1.86. The van der Waals surface area contributed by atoms with Gasteiger partial charge in [-0.15, -0.1) is 0 Å². The second-order valence-electron chi connectivity index (χ2n) is 7.96. The Morgan fingerprint density at radius 3 is 2.69 bits per heavy atom. The number of carbonyl (C=O) groups excluding carboxylic acids is 2. The number of rotatable bonds is 2. The van der Waals surface area contributed by atoms with Crippen molar-refractivity contribution in [3.05, 3.63) is 65.1 Å². The van der Waals surface area contributed by atoms with E-state index >= 15 is 0 Å². The summed E-state index contributed by atoms with van der Waals surface area (Å²) in [7, 11) is 0. The van der Waals surface area contributed by atoms with Gasteiger partial charge >= 0.3 is 0 Å². The molecule has 5 rings (SSSR count). The van der Waals surface area contributed by atoms with Crippen molar-refractivity contribution in [3.8, 4) is 5.75 Å². The van der Waals surface area contributed by atoms with E-state index in [0.717, 1.165) is 31.4 Å². The zero-order valence-corrected chi connectivity index (χ0v) is 16.2. The molecule has 6 heteroatoms. The maximum absolute atomic E-state index is 13.5. The summed E-state index contributed by atoms with van der Waals surface area (Å²) in [5.41, 5.74) is 1.83. The van der Waals surface area contributed by atoms with Crippen LogP contribution in [0.3, 0.4) is 0 Å². The number of phenolic OH excluding ortho intramolecular Hbond substituents is 1. The summed E-state index contributed by atoms with van der Waals surface area (Å²) in [6, 6.07) is 11.5. The van der Waals surface area contributed by atoms with Gasteiger partial charge in [-0.3, -0.25) is 14.5 Å². The third kappa shape index (κ3) is 2.82. The summed E-state index contributed by atoms with van der Waals surface area (Å²) in [5.74, 6) is 0.143. The van der Waals surface area contributed by atoms with E-state index in [0.29, 0.717) is 17.0 Å². The number of phenols is 1. The van der Waals surface area contributed by atoms with Crippen LogP contribution in [0.2, 0.25) is 0 Å². The molecule has 1 saturated carbocycles. The van der Waals surface area contributed by atoms with Crippen LogP contribution >= 0.6 is 0 Å². The molecule has 3 heterocycles. The van der Waals surface area contributed by atoms with Crippen LogP contribution in [0.4, 0.5) is 5.82 Å². The molecule has 29 heavy (non-hydrogen) atoms. The molecule has 0 bridgehead atoms. The second kappa shape index (κ2) is 6.72. The average molecular weight is 390 g/mol. The fourth-order valence-corrected chi connectivity index (χ4v) is 4.75. The number of nitrogens with zero attached hydrogens (tertiary/aromatic N) is 2. The molecule has 0 saturated heterocycles. The fraction of sp³-hybridized carbons (Fsp3) is 0.348. The van der Waals surface area contributed by atoms with E-state index in [4.69, 9.17) is 4.74 Å². The van der Waals surface area contributed by atoms with Crippen LogP contribution in [0, 0.1) is 12.8 Å². The molecule has 1 N–H and O–H groups in total. The summed E-state index contributed by atoms with van der Waals surface area (Å²) >= 11 is 0. The van der Waals surface area contributed by atoms with Crippen LogP contribution in [-0.4, -0.2) is 27.9 Å². The Morgan fingerprint density at radius 2 is 1.90 bits per heavy atom. The lowest BCUT2D eigenvalue weighted by Gasteiger charge is -2.35. The van der Waals surface area contributed by atoms with Crippen LogP contribution in [-0.2, 0) is 14.3 Å². The Morgan fingerprint density at radius 1 is 1.10 bits per heavy atom. The summed E-state index contributed by atoms with van der Waals surface area (Å²) < 4.78 is 6.14. The van der Waals surface area contributed by atoms with Crippen LogP contribution in [0.5, 0.6) is 5.75 Å². The van der Waals surface area contributed by atoms with Crippen molar-refractivity contribution in [2.75, 3.05) is 4.90 Å².